The Morgan fingerprint density at radius 3 is 2.52 bits per heavy atom. The number of amides is 2. The lowest BCUT2D eigenvalue weighted by Crippen LogP contribution is -2.42. The van der Waals surface area contributed by atoms with Crippen LogP contribution in [0.1, 0.15) is 24.9 Å². The summed E-state index contributed by atoms with van der Waals surface area (Å²) in [4.78, 5) is 26.9. The number of hydrogen-bond donors (Lipinski definition) is 1. The lowest BCUT2D eigenvalue weighted by atomic mass is 10.3. The number of nitrogens with zero attached hydrogens (tertiary/aromatic N) is 2. The molecule has 0 saturated heterocycles. The minimum Gasteiger partial charge on any atom is -0.465 e. The molecule has 6 nitrogen and oxygen atoms in total. The number of nitrogens with one attached hydrogen (secondary N) is 1. The van der Waals surface area contributed by atoms with Crippen LogP contribution < -0.4 is 5.32 Å². The van der Waals surface area contributed by atoms with E-state index in [1.807, 2.05) is 37.9 Å². The third-order valence-electron chi connectivity index (χ3n) is 3.01. The molecule has 21 heavy (non-hydrogen) atoms. The number of carbonyl (C=O) groups is 2. The molecule has 1 N–H and O–H groups in total. The van der Waals surface area contributed by atoms with Crippen molar-refractivity contribution in [3.8, 4) is 0 Å². The summed E-state index contributed by atoms with van der Waals surface area (Å²) in [5.74, 6) is 1.46. The molecule has 0 aliphatic rings. The van der Waals surface area contributed by atoms with Crippen molar-refractivity contribution >= 4 is 11.8 Å². The monoisotopic (exact) mass is 295 g/mol. The highest BCUT2D eigenvalue weighted by molar-refractivity contribution is 5.85. The van der Waals surface area contributed by atoms with Crippen molar-refractivity contribution in [1.29, 1.82) is 0 Å². The SMILES string of the molecule is CCCNC(=O)CN(C)C(=O)CN(C)Cc1ccc(C)o1. The Morgan fingerprint density at radius 2 is 1.95 bits per heavy atom. The molecule has 0 fully saturated rings. The minimum absolute atomic E-state index is 0.0898. The molecular weight excluding hydrogens is 270 g/mol. The van der Waals surface area contributed by atoms with Crippen molar-refractivity contribution in [2.45, 2.75) is 26.8 Å². The number of likely N-dealkylation sites (N-methyl/N-ethyl adjacent to an activating group) is 2. The zero-order valence-corrected chi connectivity index (χ0v) is 13.3. The highest BCUT2D eigenvalue weighted by atomic mass is 16.3. The molecule has 0 spiro atoms. The van der Waals surface area contributed by atoms with Gasteiger partial charge in [0.05, 0.1) is 19.6 Å². The standard InChI is InChI=1S/C15H25N3O3/c1-5-8-16-14(19)10-18(4)15(20)11-17(3)9-13-7-6-12(2)21-13/h6-7H,5,8-11H2,1-4H3,(H,16,19). The van der Waals surface area contributed by atoms with Crippen molar-refractivity contribution < 1.29 is 14.0 Å². The van der Waals surface area contributed by atoms with Crippen molar-refractivity contribution in [3.63, 3.8) is 0 Å². The predicted octanol–water partition coefficient (Wildman–Crippen LogP) is 1.00. The maximum atomic E-state index is 12.0. The van der Waals surface area contributed by atoms with Gasteiger partial charge in [-0.3, -0.25) is 14.5 Å². The van der Waals surface area contributed by atoms with Crippen molar-refractivity contribution in [2.24, 2.45) is 0 Å². The van der Waals surface area contributed by atoms with Gasteiger partial charge in [-0.1, -0.05) is 6.92 Å². The summed E-state index contributed by atoms with van der Waals surface area (Å²) < 4.78 is 5.47. The van der Waals surface area contributed by atoms with E-state index in [0.717, 1.165) is 17.9 Å². The van der Waals surface area contributed by atoms with Crippen LogP contribution in [0.2, 0.25) is 0 Å². The summed E-state index contributed by atoms with van der Waals surface area (Å²) in [5, 5.41) is 2.75. The Labute approximate surface area is 126 Å². The van der Waals surface area contributed by atoms with Gasteiger partial charge in [0.25, 0.3) is 0 Å². The fraction of sp³-hybridized carbons (Fsp3) is 0.600. The second kappa shape index (κ2) is 8.46. The molecule has 6 heteroatoms. The Hall–Kier alpha value is -1.82. The molecule has 1 aromatic rings. The molecular formula is C15H25N3O3. The van der Waals surface area contributed by atoms with E-state index in [1.54, 1.807) is 7.05 Å². The van der Waals surface area contributed by atoms with Crippen molar-refractivity contribution in [2.75, 3.05) is 33.7 Å². The van der Waals surface area contributed by atoms with Crippen LogP contribution in [0.4, 0.5) is 0 Å². The molecule has 0 aliphatic carbocycles. The van der Waals surface area contributed by atoms with Gasteiger partial charge in [-0.05, 0) is 32.5 Å². The molecule has 0 saturated carbocycles. The number of rotatable bonds is 8. The van der Waals surface area contributed by atoms with E-state index in [9.17, 15) is 9.59 Å². The van der Waals surface area contributed by atoms with E-state index in [2.05, 4.69) is 5.32 Å². The van der Waals surface area contributed by atoms with Crippen LogP contribution in [0.5, 0.6) is 0 Å². The van der Waals surface area contributed by atoms with Gasteiger partial charge in [0.15, 0.2) is 0 Å². The maximum absolute atomic E-state index is 12.0. The summed E-state index contributed by atoms with van der Waals surface area (Å²) in [5.41, 5.74) is 0. The Bertz CT molecular complexity index is 470. The highest BCUT2D eigenvalue weighted by Crippen LogP contribution is 2.08. The van der Waals surface area contributed by atoms with Gasteiger partial charge in [-0.15, -0.1) is 0 Å². The van der Waals surface area contributed by atoms with E-state index in [4.69, 9.17) is 4.42 Å². The normalized spacial score (nSPS) is 10.7. The first kappa shape index (κ1) is 17.2. The second-order valence-electron chi connectivity index (χ2n) is 5.28. The minimum atomic E-state index is -0.128. The number of carbonyl (C=O) groups excluding carboxylic acids is 2. The summed E-state index contributed by atoms with van der Waals surface area (Å²) in [7, 11) is 3.49. The molecule has 1 heterocycles. The van der Waals surface area contributed by atoms with Crippen LogP contribution in [0, 0.1) is 6.92 Å². The van der Waals surface area contributed by atoms with Gasteiger partial charge in [0, 0.05) is 13.6 Å². The summed E-state index contributed by atoms with van der Waals surface area (Å²) >= 11 is 0. The van der Waals surface area contributed by atoms with Crippen LogP contribution in [0.15, 0.2) is 16.5 Å². The first-order valence-corrected chi connectivity index (χ1v) is 7.17. The molecule has 1 rings (SSSR count). The summed E-state index contributed by atoms with van der Waals surface area (Å²) in [6.07, 6.45) is 0.884. The van der Waals surface area contributed by atoms with E-state index in [1.165, 1.54) is 4.90 Å². The van der Waals surface area contributed by atoms with E-state index >= 15 is 0 Å². The fourth-order valence-corrected chi connectivity index (χ4v) is 1.87. The first-order chi connectivity index (χ1) is 9.92. The van der Waals surface area contributed by atoms with Gasteiger partial charge in [-0.2, -0.15) is 0 Å². The molecule has 0 atom stereocenters. The quantitative estimate of drug-likeness (QED) is 0.777. The molecule has 0 radical (unpaired) electrons. The largest absolute Gasteiger partial charge is 0.465 e. The summed E-state index contributed by atoms with van der Waals surface area (Å²) in [6, 6.07) is 3.80. The number of aryl methyl sites for hydroxylation is 1. The average molecular weight is 295 g/mol. The van der Waals surface area contributed by atoms with Gasteiger partial charge in [-0.25, -0.2) is 0 Å². The molecule has 0 aliphatic heterocycles. The number of hydrogen-bond acceptors (Lipinski definition) is 4. The molecule has 118 valence electrons. The maximum Gasteiger partial charge on any atom is 0.239 e. The van der Waals surface area contributed by atoms with Crippen LogP contribution in [0.25, 0.3) is 0 Å². The molecule has 0 aromatic carbocycles. The Kier molecular flexibility index (Phi) is 6.94. The van der Waals surface area contributed by atoms with Gasteiger partial charge in [0.2, 0.25) is 11.8 Å². The molecule has 0 bridgehead atoms. The fourth-order valence-electron chi connectivity index (χ4n) is 1.87. The number of furan rings is 1. The zero-order chi connectivity index (χ0) is 15.8. The van der Waals surface area contributed by atoms with E-state index in [-0.39, 0.29) is 24.9 Å². The van der Waals surface area contributed by atoms with Crippen LogP contribution >= 0.6 is 0 Å². The van der Waals surface area contributed by atoms with Gasteiger partial charge in [0.1, 0.15) is 11.5 Å². The highest BCUT2D eigenvalue weighted by Gasteiger charge is 2.15. The Balaban J connectivity index is 2.35. The molecule has 2 amide bonds. The zero-order valence-electron chi connectivity index (χ0n) is 13.3. The van der Waals surface area contributed by atoms with Crippen LogP contribution in [-0.4, -0.2) is 55.3 Å². The topological polar surface area (TPSA) is 65.8 Å². The second-order valence-corrected chi connectivity index (χ2v) is 5.28. The predicted molar refractivity (Wildman–Crippen MR) is 80.7 cm³/mol. The van der Waals surface area contributed by atoms with E-state index < -0.39 is 0 Å². The average Bonchev–Trinajstić information content (AvgIpc) is 2.81. The van der Waals surface area contributed by atoms with Crippen molar-refractivity contribution in [1.82, 2.24) is 15.1 Å². The lowest BCUT2D eigenvalue weighted by Gasteiger charge is -2.21. The van der Waals surface area contributed by atoms with Crippen molar-refractivity contribution in [3.05, 3.63) is 23.7 Å². The molecule has 0 unspecified atom stereocenters. The third-order valence-corrected chi connectivity index (χ3v) is 3.01. The van der Waals surface area contributed by atoms with Crippen LogP contribution in [0.3, 0.4) is 0 Å². The molecule has 1 aromatic heterocycles. The van der Waals surface area contributed by atoms with Gasteiger partial charge >= 0.3 is 0 Å². The summed E-state index contributed by atoms with van der Waals surface area (Å²) in [6.45, 7) is 5.41. The lowest BCUT2D eigenvalue weighted by molar-refractivity contribution is -0.135. The third kappa shape index (κ3) is 6.44. The first-order valence-electron chi connectivity index (χ1n) is 7.17. The Morgan fingerprint density at radius 1 is 1.24 bits per heavy atom. The van der Waals surface area contributed by atoms with E-state index in [0.29, 0.717) is 13.1 Å². The smallest absolute Gasteiger partial charge is 0.239 e. The van der Waals surface area contributed by atoms with Crippen LogP contribution in [-0.2, 0) is 16.1 Å². The van der Waals surface area contributed by atoms with Gasteiger partial charge < -0.3 is 14.6 Å².